The molecule has 1 aliphatic heterocycles. The molecule has 1 aromatic carbocycles. The average molecular weight is 430 g/mol. The highest BCUT2D eigenvalue weighted by molar-refractivity contribution is 5.95. The predicted octanol–water partition coefficient (Wildman–Crippen LogP) is 4.16. The Bertz CT molecular complexity index is 881. The lowest BCUT2D eigenvalue weighted by atomic mass is 9.89. The molecular formula is C23H31N3O5. The molecule has 2 fully saturated rings. The van der Waals surface area contributed by atoms with Crippen LogP contribution in [0.3, 0.4) is 0 Å². The molecule has 2 aliphatic rings. The lowest BCUT2D eigenvalue weighted by Gasteiger charge is -2.31. The molecule has 1 saturated heterocycles. The Labute approximate surface area is 182 Å². The minimum atomic E-state index is -0.0732. The first kappa shape index (κ1) is 21.5. The molecular weight excluding hydrogens is 398 g/mol. The van der Waals surface area contributed by atoms with Gasteiger partial charge in [-0.05, 0) is 37.8 Å². The van der Waals surface area contributed by atoms with Gasteiger partial charge in [0, 0.05) is 24.6 Å². The molecule has 31 heavy (non-hydrogen) atoms. The van der Waals surface area contributed by atoms with Gasteiger partial charge in [0.05, 0.1) is 27.2 Å². The van der Waals surface area contributed by atoms with Crippen molar-refractivity contribution < 1.29 is 23.4 Å². The molecule has 8 nitrogen and oxygen atoms in total. The Morgan fingerprint density at radius 2 is 1.52 bits per heavy atom. The molecule has 168 valence electrons. The van der Waals surface area contributed by atoms with Gasteiger partial charge >= 0.3 is 0 Å². The second-order valence-corrected chi connectivity index (χ2v) is 8.32. The van der Waals surface area contributed by atoms with Crippen LogP contribution in [0.1, 0.15) is 78.9 Å². The average Bonchev–Trinajstić information content (AvgIpc) is 3.33. The van der Waals surface area contributed by atoms with Crippen molar-refractivity contribution in [2.45, 2.75) is 56.8 Å². The summed E-state index contributed by atoms with van der Waals surface area (Å²) < 4.78 is 22.2. The number of ether oxygens (including phenoxy) is 3. The van der Waals surface area contributed by atoms with Gasteiger partial charge in [-0.2, -0.15) is 0 Å². The molecule has 0 N–H and O–H groups in total. The Morgan fingerprint density at radius 3 is 2.13 bits per heavy atom. The molecule has 4 rings (SSSR count). The Morgan fingerprint density at radius 1 is 0.903 bits per heavy atom. The van der Waals surface area contributed by atoms with Gasteiger partial charge in [0.2, 0.25) is 17.5 Å². The first-order valence-electron chi connectivity index (χ1n) is 11.1. The fraction of sp³-hybridized carbons (Fsp3) is 0.609. The highest BCUT2D eigenvalue weighted by Gasteiger charge is 2.31. The highest BCUT2D eigenvalue weighted by Crippen LogP contribution is 2.39. The molecule has 1 amide bonds. The van der Waals surface area contributed by atoms with E-state index in [4.69, 9.17) is 18.6 Å². The number of hydrogen-bond acceptors (Lipinski definition) is 7. The van der Waals surface area contributed by atoms with Gasteiger partial charge in [-0.15, -0.1) is 10.2 Å². The number of aromatic nitrogens is 2. The number of piperidine rings is 1. The zero-order valence-corrected chi connectivity index (χ0v) is 18.6. The first-order valence-corrected chi connectivity index (χ1v) is 11.1. The van der Waals surface area contributed by atoms with Gasteiger partial charge < -0.3 is 23.5 Å². The van der Waals surface area contributed by atoms with Crippen molar-refractivity contribution in [3.63, 3.8) is 0 Å². The number of hydrogen-bond donors (Lipinski definition) is 0. The molecule has 1 aliphatic carbocycles. The molecule has 8 heteroatoms. The highest BCUT2D eigenvalue weighted by atomic mass is 16.5. The van der Waals surface area contributed by atoms with Crippen LogP contribution in [0.4, 0.5) is 0 Å². The molecule has 1 atom stereocenters. The van der Waals surface area contributed by atoms with Crippen LogP contribution in [0.2, 0.25) is 0 Å². The smallest absolute Gasteiger partial charge is 0.254 e. The van der Waals surface area contributed by atoms with Gasteiger partial charge in [-0.3, -0.25) is 4.79 Å². The second kappa shape index (κ2) is 9.58. The van der Waals surface area contributed by atoms with Crippen LogP contribution in [0.25, 0.3) is 0 Å². The number of rotatable bonds is 6. The van der Waals surface area contributed by atoms with E-state index < -0.39 is 0 Å². The monoisotopic (exact) mass is 429 g/mol. The molecule has 2 aromatic rings. The van der Waals surface area contributed by atoms with Crippen molar-refractivity contribution in [2.24, 2.45) is 0 Å². The van der Waals surface area contributed by atoms with Crippen LogP contribution in [0, 0.1) is 0 Å². The minimum absolute atomic E-state index is 0.0598. The topological polar surface area (TPSA) is 86.9 Å². The number of benzene rings is 1. The van der Waals surface area contributed by atoms with Crippen LogP contribution in [0.15, 0.2) is 16.5 Å². The van der Waals surface area contributed by atoms with Gasteiger partial charge in [0.1, 0.15) is 0 Å². The summed E-state index contributed by atoms with van der Waals surface area (Å²) >= 11 is 0. The number of carbonyl (C=O) groups is 1. The molecule has 2 heterocycles. The van der Waals surface area contributed by atoms with Gasteiger partial charge in [0.25, 0.3) is 5.91 Å². The van der Waals surface area contributed by atoms with Crippen LogP contribution < -0.4 is 14.2 Å². The summed E-state index contributed by atoms with van der Waals surface area (Å²) in [7, 11) is 4.63. The number of likely N-dealkylation sites (tertiary alicyclic amines) is 1. The summed E-state index contributed by atoms with van der Waals surface area (Å²) in [4.78, 5) is 15.1. The van der Waals surface area contributed by atoms with E-state index in [2.05, 4.69) is 10.2 Å². The summed E-state index contributed by atoms with van der Waals surface area (Å²) in [5, 5.41) is 8.69. The zero-order chi connectivity index (χ0) is 21.8. The Kier molecular flexibility index (Phi) is 6.63. The van der Waals surface area contributed by atoms with Crippen LogP contribution >= 0.6 is 0 Å². The fourth-order valence-corrected chi connectivity index (χ4v) is 4.68. The van der Waals surface area contributed by atoms with Crippen molar-refractivity contribution in [3.05, 3.63) is 29.5 Å². The zero-order valence-electron chi connectivity index (χ0n) is 18.6. The molecule has 1 unspecified atom stereocenters. The van der Waals surface area contributed by atoms with E-state index in [-0.39, 0.29) is 11.8 Å². The minimum Gasteiger partial charge on any atom is -0.493 e. The van der Waals surface area contributed by atoms with Gasteiger partial charge in [-0.25, -0.2) is 0 Å². The van der Waals surface area contributed by atoms with Crippen LogP contribution in [0.5, 0.6) is 17.2 Å². The number of carbonyl (C=O) groups excluding carboxylic acids is 1. The van der Waals surface area contributed by atoms with Crippen molar-refractivity contribution in [2.75, 3.05) is 34.4 Å². The largest absolute Gasteiger partial charge is 0.493 e. The molecule has 0 spiro atoms. The summed E-state index contributed by atoms with van der Waals surface area (Å²) in [5.74, 6) is 3.20. The summed E-state index contributed by atoms with van der Waals surface area (Å²) in [6, 6.07) is 3.39. The van der Waals surface area contributed by atoms with E-state index >= 15 is 0 Å². The Hall–Kier alpha value is -2.77. The molecule has 1 saturated carbocycles. The predicted molar refractivity (Wildman–Crippen MR) is 114 cm³/mol. The lowest BCUT2D eigenvalue weighted by Crippen LogP contribution is -2.39. The summed E-state index contributed by atoms with van der Waals surface area (Å²) in [6.45, 7) is 1.25. The third kappa shape index (κ3) is 4.48. The standard InChI is InChI=1S/C23H31N3O5/c1-28-18-12-17(13-19(29-2)20(18)30-3)23(27)26-11-7-10-16(14-26)22-25-24-21(31-22)15-8-5-4-6-9-15/h12-13,15-16H,4-11,14H2,1-3H3. The second-order valence-electron chi connectivity index (χ2n) is 8.32. The SMILES string of the molecule is COc1cc(C(=O)N2CCCC(c3nnc(C4CCCCC4)o3)C2)cc(OC)c1OC. The number of nitrogens with zero attached hydrogens (tertiary/aromatic N) is 3. The van der Waals surface area contributed by atoms with E-state index in [0.717, 1.165) is 31.6 Å². The van der Waals surface area contributed by atoms with Gasteiger partial charge in [0.15, 0.2) is 11.5 Å². The molecule has 0 bridgehead atoms. The molecule has 0 radical (unpaired) electrons. The van der Waals surface area contributed by atoms with E-state index in [9.17, 15) is 4.79 Å². The first-order chi connectivity index (χ1) is 15.1. The van der Waals surface area contributed by atoms with Crippen molar-refractivity contribution in [1.82, 2.24) is 15.1 Å². The van der Waals surface area contributed by atoms with Crippen molar-refractivity contribution >= 4 is 5.91 Å². The maximum atomic E-state index is 13.3. The van der Waals surface area contributed by atoms with E-state index in [0.29, 0.717) is 47.7 Å². The lowest BCUT2D eigenvalue weighted by molar-refractivity contribution is 0.0696. The maximum Gasteiger partial charge on any atom is 0.254 e. The molecule has 1 aromatic heterocycles. The fourth-order valence-electron chi connectivity index (χ4n) is 4.68. The third-order valence-electron chi connectivity index (χ3n) is 6.38. The van der Waals surface area contributed by atoms with Crippen molar-refractivity contribution in [3.8, 4) is 17.2 Å². The van der Waals surface area contributed by atoms with E-state index in [1.54, 1.807) is 33.5 Å². The van der Waals surface area contributed by atoms with E-state index in [1.807, 2.05) is 4.90 Å². The quantitative estimate of drug-likeness (QED) is 0.681. The number of amides is 1. The van der Waals surface area contributed by atoms with Crippen LogP contribution in [-0.4, -0.2) is 55.4 Å². The number of methoxy groups -OCH3 is 3. The van der Waals surface area contributed by atoms with Crippen molar-refractivity contribution in [1.29, 1.82) is 0 Å². The van der Waals surface area contributed by atoms with Gasteiger partial charge in [-0.1, -0.05) is 19.3 Å². The normalized spacial score (nSPS) is 19.8. The third-order valence-corrected chi connectivity index (χ3v) is 6.38. The maximum absolute atomic E-state index is 13.3. The van der Waals surface area contributed by atoms with Crippen LogP contribution in [-0.2, 0) is 0 Å². The van der Waals surface area contributed by atoms with E-state index in [1.165, 1.54) is 19.3 Å². The summed E-state index contributed by atoms with van der Waals surface area (Å²) in [5.41, 5.74) is 0.503. The summed E-state index contributed by atoms with van der Waals surface area (Å²) in [6.07, 6.45) is 7.81. The Balaban J connectivity index is 1.50.